The minimum Gasteiger partial charge on any atom is -0.352 e. The van der Waals surface area contributed by atoms with Crippen LogP contribution in [0.3, 0.4) is 0 Å². The second-order valence-corrected chi connectivity index (χ2v) is 8.91. The van der Waals surface area contributed by atoms with E-state index < -0.39 is 0 Å². The summed E-state index contributed by atoms with van der Waals surface area (Å²) < 4.78 is 0. The Morgan fingerprint density at radius 1 is 0.857 bits per heavy atom. The molecule has 0 aromatic heterocycles. The van der Waals surface area contributed by atoms with Gasteiger partial charge < -0.3 is 11.6 Å². The molecule has 3 heteroatoms. The standard InChI is InChI=1S/C17H25P.CH2Cl.Pd/c1-14-10-12-17(13-11-14)18(15-6-2-3-7-15)16-8-4-5-9-16;1-2;/h10-13,15-16H,2-9H2,1H3;1H2;/q;-1;. The summed E-state index contributed by atoms with van der Waals surface area (Å²) in [5.74, 6) is 0. The van der Waals surface area contributed by atoms with Crippen LogP contribution in [0.5, 0.6) is 0 Å². The van der Waals surface area contributed by atoms with Crippen molar-refractivity contribution < 1.29 is 20.4 Å². The van der Waals surface area contributed by atoms with E-state index in [0.29, 0.717) is 0 Å². The maximum atomic E-state index is 4.39. The number of hydrogen-bond acceptors (Lipinski definition) is 0. The topological polar surface area (TPSA) is 0 Å². The third-order valence-corrected chi connectivity index (χ3v) is 8.27. The average Bonchev–Trinajstić information content (AvgIpc) is 3.18. The van der Waals surface area contributed by atoms with Crippen molar-refractivity contribution in [2.75, 3.05) is 0 Å². The molecule has 0 atom stereocenters. The van der Waals surface area contributed by atoms with E-state index >= 15 is 0 Å². The molecule has 2 fully saturated rings. The molecular weight excluding hydrogens is 389 g/mol. The molecule has 21 heavy (non-hydrogen) atoms. The Hall–Kier alpha value is 0.602. The summed E-state index contributed by atoms with van der Waals surface area (Å²) in [5.41, 5.74) is 3.50. The fraction of sp³-hybridized carbons (Fsp3) is 0.611. The largest absolute Gasteiger partial charge is 0.352 e. The summed E-state index contributed by atoms with van der Waals surface area (Å²) in [6.07, 6.45) is 14.7. The smallest absolute Gasteiger partial charge is 0 e. The molecule has 0 radical (unpaired) electrons. The van der Waals surface area contributed by atoms with E-state index in [0.717, 1.165) is 11.3 Å². The van der Waals surface area contributed by atoms with Crippen LogP contribution >= 0.6 is 19.5 Å². The Morgan fingerprint density at radius 3 is 1.62 bits per heavy atom. The fourth-order valence-corrected chi connectivity index (χ4v) is 7.58. The van der Waals surface area contributed by atoms with Crippen LogP contribution < -0.4 is 5.30 Å². The maximum Gasteiger partial charge on any atom is 0 e. The van der Waals surface area contributed by atoms with E-state index in [1.165, 1.54) is 56.9 Å². The average molecular weight is 416 g/mol. The summed E-state index contributed by atoms with van der Waals surface area (Å²) >= 11 is 4.39. The monoisotopic (exact) mass is 415 g/mol. The first-order valence-electron chi connectivity index (χ1n) is 7.96. The van der Waals surface area contributed by atoms with Crippen LogP contribution in [0.25, 0.3) is 0 Å². The maximum absolute atomic E-state index is 4.39. The van der Waals surface area contributed by atoms with Gasteiger partial charge in [0.15, 0.2) is 0 Å². The minimum atomic E-state index is 0. The second kappa shape index (κ2) is 10.4. The molecule has 2 aliphatic carbocycles. The van der Waals surface area contributed by atoms with Crippen LogP contribution in [0.4, 0.5) is 0 Å². The minimum absolute atomic E-state index is 0. The van der Waals surface area contributed by atoms with E-state index in [2.05, 4.69) is 49.2 Å². The van der Waals surface area contributed by atoms with Gasteiger partial charge in [-0.3, -0.25) is 6.38 Å². The predicted molar refractivity (Wildman–Crippen MR) is 93.5 cm³/mol. The summed E-state index contributed by atoms with van der Waals surface area (Å²) in [4.78, 5) is 0. The molecule has 2 aliphatic rings. The van der Waals surface area contributed by atoms with E-state index in [1.807, 2.05) is 0 Å². The van der Waals surface area contributed by atoms with Gasteiger partial charge in [-0.05, 0) is 49.2 Å². The van der Waals surface area contributed by atoms with E-state index in [4.69, 9.17) is 0 Å². The van der Waals surface area contributed by atoms with Gasteiger partial charge in [0.05, 0.1) is 0 Å². The quantitative estimate of drug-likeness (QED) is 0.322. The molecule has 0 aliphatic heterocycles. The molecule has 0 bridgehead atoms. The van der Waals surface area contributed by atoms with Crippen LogP contribution in [-0.2, 0) is 20.4 Å². The second-order valence-electron chi connectivity index (χ2n) is 6.12. The zero-order valence-corrected chi connectivity index (χ0v) is 16.2. The van der Waals surface area contributed by atoms with Crippen LogP contribution in [0.2, 0.25) is 0 Å². The van der Waals surface area contributed by atoms with Crippen molar-refractivity contribution in [1.82, 2.24) is 0 Å². The summed E-state index contributed by atoms with van der Waals surface area (Å²) in [5, 5.41) is 1.70. The van der Waals surface area contributed by atoms with Crippen LogP contribution in [0.15, 0.2) is 24.3 Å². The number of benzene rings is 1. The molecule has 0 N–H and O–H groups in total. The Bertz CT molecular complexity index is 365. The number of halogens is 1. The predicted octanol–water partition coefficient (Wildman–Crippen LogP) is 6.00. The number of hydrogen-bond donors (Lipinski definition) is 0. The normalized spacial score (nSPS) is 19.2. The van der Waals surface area contributed by atoms with Crippen molar-refractivity contribution in [3.63, 3.8) is 0 Å². The van der Waals surface area contributed by atoms with Gasteiger partial charge in [-0.25, -0.2) is 0 Å². The van der Waals surface area contributed by atoms with Gasteiger partial charge in [0.2, 0.25) is 0 Å². The van der Waals surface area contributed by atoms with Crippen LogP contribution in [-0.4, -0.2) is 11.3 Å². The van der Waals surface area contributed by atoms with Crippen LogP contribution in [0, 0.1) is 13.3 Å². The molecule has 1 aromatic rings. The molecule has 3 rings (SSSR count). The van der Waals surface area contributed by atoms with Gasteiger partial charge in [0, 0.05) is 20.4 Å². The van der Waals surface area contributed by atoms with Gasteiger partial charge >= 0.3 is 0 Å². The van der Waals surface area contributed by atoms with Gasteiger partial charge in [-0.15, -0.1) is 0 Å². The molecule has 0 spiro atoms. The van der Waals surface area contributed by atoms with E-state index in [1.54, 1.807) is 5.30 Å². The van der Waals surface area contributed by atoms with Gasteiger partial charge in [-0.2, -0.15) is 0 Å². The van der Waals surface area contributed by atoms with Gasteiger partial charge in [-0.1, -0.05) is 63.4 Å². The molecule has 2 saturated carbocycles. The van der Waals surface area contributed by atoms with Gasteiger partial charge in [0.25, 0.3) is 0 Å². The molecule has 0 heterocycles. The van der Waals surface area contributed by atoms with Crippen LogP contribution in [0.1, 0.15) is 56.9 Å². The Labute approximate surface area is 150 Å². The zero-order chi connectivity index (χ0) is 14.4. The van der Waals surface area contributed by atoms with Crippen molar-refractivity contribution >= 4 is 24.8 Å². The summed E-state index contributed by atoms with van der Waals surface area (Å²) in [6, 6.07) is 9.54. The Balaban J connectivity index is 0.000000706. The number of aryl methyl sites for hydroxylation is 1. The number of rotatable bonds is 3. The zero-order valence-electron chi connectivity index (χ0n) is 13.0. The van der Waals surface area contributed by atoms with Crippen molar-refractivity contribution in [2.45, 2.75) is 69.6 Å². The SMILES string of the molecule is Cc1ccc(P(C2CCCC2)C2CCCC2)cc1.[CH2-]Cl.[Pd]. The first kappa shape index (κ1) is 19.6. The molecule has 0 amide bonds. The summed E-state index contributed by atoms with van der Waals surface area (Å²) in [7, 11) is 0.130. The Kier molecular flexibility index (Phi) is 9.72. The molecule has 0 nitrogen and oxygen atoms in total. The molecule has 0 unspecified atom stereocenters. The van der Waals surface area contributed by atoms with Crippen molar-refractivity contribution in [3.8, 4) is 0 Å². The van der Waals surface area contributed by atoms with E-state index in [-0.39, 0.29) is 28.3 Å². The molecular formula is C18H27ClPPd-. The molecule has 0 saturated heterocycles. The van der Waals surface area contributed by atoms with Gasteiger partial charge in [0.1, 0.15) is 0 Å². The first-order valence-corrected chi connectivity index (χ1v) is 9.98. The molecule has 122 valence electrons. The van der Waals surface area contributed by atoms with E-state index in [9.17, 15) is 0 Å². The van der Waals surface area contributed by atoms with Crippen molar-refractivity contribution in [3.05, 3.63) is 36.2 Å². The third kappa shape index (κ3) is 5.32. The third-order valence-electron chi connectivity index (χ3n) is 4.77. The summed E-state index contributed by atoms with van der Waals surface area (Å²) in [6.45, 7) is 2.21. The molecule has 1 aromatic carbocycles. The Morgan fingerprint density at radius 2 is 1.24 bits per heavy atom. The van der Waals surface area contributed by atoms with Crippen molar-refractivity contribution in [1.29, 1.82) is 0 Å². The van der Waals surface area contributed by atoms with Crippen molar-refractivity contribution in [2.24, 2.45) is 0 Å². The fourth-order valence-electron chi connectivity index (χ4n) is 3.80. The first-order chi connectivity index (χ1) is 9.84.